The number of anilines is 3. The minimum absolute atomic E-state index is 0.0709. The van der Waals surface area contributed by atoms with Crippen molar-refractivity contribution in [3.8, 4) is 0 Å². The third-order valence-electron chi connectivity index (χ3n) is 6.17. The molecule has 0 amide bonds. The second-order valence-corrected chi connectivity index (χ2v) is 9.77. The van der Waals surface area contributed by atoms with Crippen LogP contribution in [-0.2, 0) is 15.6 Å². The molecule has 3 heterocycles. The van der Waals surface area contributed by atoms with Gasteiger partial charge in [-0.05, 0) is 43.2 Å². The smallest absolute Gasteiger partial charge is 0.238 e. The number of halogens is 1. The highest BCUT2D eigenvalue weighted by atomic mass is 32.2. The van der Waals surface area contributed by atoms with Gasteiger partial charge in [-0.2, -0.15) is 4.98 Å². The maximum Gasteiger partial charge on any atom is 0.238 e. The lowest BCUT2D eigenvalue weighted by Crippen LogP contribution is -2.39. The molecule has 0 radical (unpaired) electrons. The number of rotatable bonds is 3. The summed E-state index contributed by atoms with van der Waals surface area (Å²) < 4.78 is 39.6. The second-order valence-electron chi connectivity index (χ2n) is 8.21. The topological polar surface area (TPSA) is 106 Å². The lowest BCUT2D eigenvalue weighted by molar-refractivity contribution is 0.260. The molecule has 0 atom stereocenters. The number of nitrogens with zero attached hydrogens (tertiary/aromatic N) is 4. The molecule has 2 aliphatic rings. The number of hydrogen-bond acceptors (Lipinski definition) is 6. The number of primary sulfonamides is 1. The second kappa shape index (κ2) is 7.03. The number of aromatic nitrogens is 3. The van der Waals surface area contributed by atoms with Gasteiger partial charge in [-0.3, -0.25) is 0 Å². The summed E-state index contributed by atoms with van der Waals surface area (Å²) in [4.78, 5) is 10.8. The van der Waals surface area contributed by atoms with Gasteiger partial charge in [0.15, 0.2) is 0 Å². The number of fused-ring (bicyclic) bond motifs is 4. The van der Waals surface area contributed by atoms with Gasteiger partial charge in [0.2, 0.25) is 16.0 Å². The first kappa shape index (κ1) is 20.0. The summed E-state index contributed by atoms with van der Waals surface area (Å²) in [6, 6.07) is 5.51. The summed E-state index contributed by atoms with van der Waals surface area (Å²) in [6.45, 7) is 0. The van der Waals surface area contributed by atoms with Gasteiger partial charge < -0.3 is 14.8 Å². The maximum atomic E-state index is 14.5. The average molecular weight is 443 g/mol. The quantitative estimate of drug-likeness (QED) is 0.642. The van der Waals surface area contributed by atoms with Gasteiger partial charge >= 0.3 is 0 Å². The SMILES string of the molecule is CN1C=CC2(CCCCC2)n2c1cc1cnc(Nc3ccc(S(N)(=O)=O)cc3F)nc12. The molecule has 1 spiro atoms. The van der Waals surface area contributed by atoms with Gasteiger partial charge in [-0.15, -0.1) is 0 Å². The van der Waals surface area contributed by atoms with E-state index in [1.807, 2.05) is 7.05 Å². The Labute approximate surface area is 179 Å². The third kappa shape index (κ3) is 3.35. The fraction of sp³-hybridized carbons (Fsp3) is 0.333. The lowest BCUT2D eigenvalue weighted by Gasteiger charge is -2.42. The average Bonchev–Trinajstić information content (AvgIpc) is 3.13. The molecule has 31 heavy (non-hydrogen) atoms. The van der Waals surface area contributed by atoms with Gasteiger partial charge in [-0.1, -0.05) is 19.3 Å². The van der Waals surface area contributed by atoms with Crippen molar-refractivity contribution >= 4 is 38.5 Å². The zero-order valence-corrected chi connectivity index (χ0v) is 17.9. The van der Waals surface area contributed by atoms with Crippen LogP contribution in [0.15, 0.2) is 47.6 Å². The van der Waals surface area contributed by atoms with E-state index in [0.29, 0.717) is 0 Å². The van der Waals surface area contributed by atoms with E-state index >= 15 is 0 Å². The number of nitrogens with one attached hydrogen (secondary N) is 1. The fourth-order valence-corrected chi connectivity index (χ4v) is 5.11. The summed E-state index contributed by atoms with van der Waals surface area (Å²) in [7, 11) is -1.98. The number of nitrogens with two attached hydrogens (primary N) is 1. The standard InChI is InChI=1S/C21H23FN6O2S/c1-27-10-9-21(7-3-2-4-8-21)28-18(27)11-14-13-24-20(26-19(14)28)25-17-6-5-15(12-16(17)22)31(23,29)30/h5-6,9-13H,2-4,7-8H2,1H3,(H2,23,29,30)(H,24,25,26). The van der Waals surface area contributed by atoms with E-state index in [2.05, 4.69) is 38.1 Å². The lowest BCUT2D eigenvalue weighted by atomic mass is 9.80. The molecule has 8 nitrogen and oxygen atoms in total. The van der Waals surface area contributed by atoms with E-state index < -0.39 is 15.8 Å². The number of hydrogen-bond donors (Lipinski definition) is 2. The summed E-state index contributed by atoms with van der Waals surface area (Å²) in [5, 5.41) is 8.84. The van der Waals surface area contributed by atoms with Crippen molar-refractivity contribution in [3.63, 3.8) is 0 Å². The molecule has 3 aromatic rings. The van der Waals surface area contributed by atoms with Crippen molar-refractivity contribution in [1.29, 1.82) is 0 Å². The molecular weight excluding hydrogens is 419 g/mol. The molecule has 3 N–H and O–H groups in total. The molecule has 2 aromatic heterocycles. The van der Waals surface area contributed by atoms with Crippen LogP contribution in [0.5, 0.6) is 0 Å². The molecule has 0 unspecified atom stereocenters. The molecule has 162 valence electrons. The number of sulfonamides is 1. The van der Waals surface area contributed by atoms with Crippen LogP contribution >= 0.6 is 0 Å². The first-order valence-corrected chi connectivity index (χ1v) is 11.7. The zero-order valence-electron chi connectivity index (χ0n) is 17.0. The molecule has 1 fully saturated rings. The molecule has 1 aliphatic carbocycles. The third-order valence-corrected chi connectivity index (χ3v) is 7.08. The first-order valence-electron chi connectivity index (χ1n) is 10.2. The first-order chi connectivity index (χ1) is 14.8. The zero-order chi connectivity index (χ0) is 21.8. The Morgan fingerprint density at radius 1 is 1.19 bits per heavy atom. The number of benzene rings is 1. The van der Waals surface area contributed by atoms with Crippen LogP contribution in [0.1, 0.15) is 32.1 Å². The van der Waals surface area contributed by atoms with Crippen LogP contribution in [0, 0.1) is 5.82 Å². The highest BCUT2D eigenvalue weighted by Gasteiger charge is 2.37. The summed E-state index contributed by atoms with van der Waals surface area (Å²) in [5.41, 5.74) is 0.740. The predicted molar refractivity (Wildman–Crippen MR) is 117 cm³/mol. The Morgan fingerprint density at radius 3 is 2.68 bits per heavy atom. The maximum absolute atomic E-state index is 14.5. The van der Waals surface area contributed by atoms with Crippen LogP contribution in [0.3, 0.4) is 0 Å². The van der Waals surface area contributed by atoms with Crippen LogP contribution in [0.2, 0.25) is 0 Å². The predicted octanol–water partition coefficient (Wildman–Crippen LogP) is 3.58. The molecule has 0 bridgehead atoms. The molecule has 0 saturated heterocycles. The van der Waals surface area contributed by atoms with Crippen molar-refractivity contribution in [1.82, 2.24) is 14.5 Å². The Morgan fingerprint density at radius 2 is 1.97 bits per heavy atom. The van der Waals surface area contributed by atoms with Crippen molar-refractivity contribution < 1.29 is 12.8 Å². The van der Waals surface area contributed by atoms with Crippen molar-refractivity contribution in [3.05, 3.63) is 48.6 Å². The molecule has 10 heteroatoms. The Kier molecular flexibility index (Phi) is 4.52. The summed E-state index contributed by atoms with van der Waals surface area (Å²) in [6.07, 6.45) is 11.7. The molecule has 1 aromatic carbocycles. The van der Waals surface area contributed by atoms with E-state index in [4.69, 9.17) is 10.1 Å². The molecule has 1 aliphatic heterocycles. The Balaban J connectivity index is 1.57. The molecule has 5 rings (SSSR count). The largest absolute Gasteiger partial charge is 0.338 e. The van der Waals surface area contributed by atoms with Crippen molar-refractivity contribution in [2.75, 3.05) is 17.3 Å². The van der Waals surface area contributed by atoms with Crippen LogP contribution < -0.4 is 15.4 Å². The Hall–Kier alpha value is -2.98. The number of allylic oxidation sites excluding steroid dienone is 1. The van der Waals surface area contributed by atoms with Crippen LogP contribution in [0.4, 0.5) is 21.8 Å². The van der Waals surface area contributed by atoms with E-state index in [9.17, 15) is 12.8 Å². The minimum atomic E-state index is -3.98. The highest BCUT2D eigenvalue weighted by molar-refractivity contribution is 7.89. The molecule has 1 saturated carbocycles. The summed E-state index contributed by atoms with van der Waals surface area (Å²) >= 11 is 0. The normalized spacial score (nSPS) is 17.8. The van der Waals surface area contributed by atoms with E-state index in [1.54, 1.807) is 6.20 Å². The van der Waals surface area contributed by atoms with Gasteiger partial charge in [-0.25, -0.2) is 22.9 Å². The van der Waals surface area contributed by atoms with Gasteiger partial charge in [0.1, 0.15) is 17.3 Å². The van der Waals surface area contributed by atoms with E-state index in [1.165, 1.54) is 18.6 Å². The summed E-state index contributed by atoms with van der Waals surface area (Å²) in [5.74, 6) is 0.534. The van der Waals surface area contributed by atoms with Crippen molar-refractivity contribution in [2.45, 2.75) is 42.5 Å². The fourth-order valence-electron chi connectivity index (χ4n) is 4.58. The highest BCUT2D eigenvalue weighted by Crippen LogP contribution is 2.44. The molecular formula is C21H23FN6O2S. The van der Waals surface area contributed by atoms with Gasteiger partial charge in [0, 0.05) is 24.8 Å². The van der Waals surface area contributed by atoms with Crippen molar-refractivity contribution in [2.24, 2.45) is 5.14 Å². The monoisotopic (exact) mass is 442 g/mol. The van der Waals surface area contributed by atoms with E-state index in [-0.39, 0.29) is 22.1 Å². The Bertz CT molecular complexity index is 1310. The van der Waals surface area contributed by atoms with Crippen LogP contribution in [-0.4, -0.2) is 30.0 Å². The van der Waals surface area contributed by atoms with Gasteiger partial charge in [0.05, 0.1) is 16.1 Å². The minimum Gasteiger partial charge on any atom is -0.338 e. The van der Waals surface area contributed by atoms with E-state index in [0.717, 1.165) is 48.6 Å². The van der Waals surface area contributed by atoms with Crippen LogP contribution in [0.25, 0.3) is 11.0 Å². The van der Waals surface area contributed by atoms with Gasteiger partial charge in [0.25, 0.3) is 0 Å².